The minimum absolute atomic E-state index is 0.186. The number of hydrogen-bond donors (Lipinski definition) is 0. The van der Waals surface area contributed by atoms with Gasteiger partial charge >= 0.3 is 0 Å². The third-order valence-electron chi connectivity index (χ3n) is 4.62. The topological polar surface area (TPSA) is 90.7 Å². The van der Waals surface area contributed by atoms with Crippen LogP contribution in [-0.2, 0) is 17.8 Å². The van der Waals surface area contributed by atoms with Crippen LogP contribution in [0.4, 0.5) is 0 Å². The second-order valence-corrected chi connectivity index (χ2v) is 7.46. The molecular formula is C21H27N3O5. The standard InChI is InChI=1S/C21H27N3O5/c1-14(2)11-24-13-22-19-18(21(24)26)17(15(3)29-19)20(25)23(8-6-9-27-4)12-16-7-5-10-28-16/h5,7,10,13-14H,6,8-9,11-12H2,1-4H3. The third-order valence-corrected chi connectivity index (χ3v) is 4.62. The SMILES string of the molecule is COCCCN(Cc1ccco1)C(=O)c1c(C)oc2ncn(CC(C)C)c(=O)c12. The van der Waals surface area contributed by atoms with Crippen molar-refractivity contribution in [3.8, 4) is 0 Å². The summed E-state index contributed by atoms with van der Waals surface area (Å²) in [6.07, 6.45) is 3.70. The van der Waals surface area contributed by atoms with E-state index < -0.39 is 0 Å². The molecule has 3 rings (SSSR count). The van der Waals surface area contributed by atoms with Gasteiger partial charge in [0.25, 0.3) is 11.5 Å². The summed E-state index contributed by atoms with van der Waals surface area (Å²) in [5.74, 6) is 1.03. The number of fused-ring (bicyclic) bond motifs is 1. The minimum Gasteiger partial charge on any atom is -0.467 e. The Morgan fingerprint density at radius 3 is 2.83 bits per heavy atom. The Bertz CT molecular complexity index is 1020. The molecule has 0 radical (unpaired) electrons. The first-order valence-corrected chi connectivity index (χ1v) is 9.71. The maximum absolute atomic E-state index is 13.5. The molecule has 0 atom stereocenters. The minimum atomic E-state index is -0.282. The van der Waals surface area contributed by atoms with Gasteiger partial charge in [-0.05, 0) is 31.4 Å². The van der Waals surface area contributed by atoms with Crippen LogP contribution in [0.2, 0.25) is 0 Å². The summed E-state index contributed by atoms with van der Waals surface area (Å²) in [4.78, 5) is 32.4. The lowest BCUT2D eigenvalue weighted by Crippen LogP contribution is -2.33. The van der Waals surface area contributed by atoms with Gasteiger partial charge in [-0.1, -0.05) is 13.8 Å². The molecule has 8 heteroatoms. The van der Waals surface area contributed by atoms with E-state index in [1.165, 1.54) is 10.9 Å². The Morgan fingerprint density at radius 1 is 1.38 bits per heavy atom. The van der Waals surface area contributed by atoms with Crippen molar-refractivity contribution in [2.45, 2.75) is 40.3 Å². The van der Waals surface area contributed by atoms with Crippen LogP contribution >= 0.6 is 0 Å². The zero-order valence-electron chi connectivity index (χ0n) is 17.3. The molecule has 0 aliphatic heterocycles. The first kappa shape index (κ1) is 20.9. The second kappa shape index (κ2) is 9.09. The molecule has 0 aromatic carbocycles. The highest BCUT2D eigenvalue weighted by atomic mass is 16.5. The lowest BCUT2D eigenvalue weighted by atomic mass is 10.1. The summed E-state index contributed by atoms with van der Waals surface area (Å²) < 4.78 is 17.7. The van der Waals surface area contributed by atoms with Crippen LogP contribution in [0.1, 0.15) is 42.1 Å². The molecular weight excluding hydrogens is 374 g/mol. The highest BCUT2D eigenvalue weighted by Crippen LogP contribution is 2.24. The Morgan fingerprint density at radius 2 is 2.17 bits per heavy atom. The van der Waals surface area contributed by atoms with Crippen molar-refractivity contribution >= 4 is 17.0 Å². The number of aryl methyl sites for hydroxylation is 1. The van der Waals surface area contributed by atoms with Crippen LogP contribution in [0, 0.1) is 12.8 Å². The molecule has 0 unspecified atom stereocenters. The van der Waals surface area contributed by atoms with Crippen LogP contribution in [-0.4, -0.2) is 40.6 Å². The van der Waals surface area contributed by atoms with Crippen molar-refractivity contribution in [2.24, 2.45) is 5.92 Å². The number of hydrogen-bond acceptors (Lipinski definition) is 6. The first-order valence-electron chi connectivity index (χ1n) is 9.71. The number of furan rings is 2. The average molecular weight is 401 g/mol. The third kappa shape index (κ3) is 4.59. The fourth-order valence-electron chi connectivity index (χ4n) is 3.32. The summed E-state index contributed by atoms with van der Waals surface area (Å²) >= 11 is 0. The second-order valence-electron chi connectivity index (χ2n) is 7.46. The molecule has 0 aliphatic rings. The van der Waals surface area contributed by atoms with E-state index >= 15 is 0 Å². The highest BCUT2D eigenvalue weighted by Gasteiger charge is 2.27. The molecule has 8 nitrogen and oxygen atoms in total. The number of aromatic nitrogens is 2. The Hall–Kier alpha value is -2.87. The van der Waals surface area contributed by atoms with Crippen LogP contribution in [0.15, 0.2) is 38.4 Å². The molecule has 0 saturated carbocycles. The summed E-state index contributed by atoms with van der Waals surface area (Å²) in [5, 5.41) is 0.229. The van der Waals surface area contributed by atoms with Gasteiger partial charge in [0.15, 0.2) is 0 Å². The van der Waals surface area contributed by atoms with Crippen LogP contribution in [0.3, 0.4) is 0 Å². The van der Waals surface area contributed by atoms with Gasteiger partial charge in [0.05, 0.1) is 18.4 Å². The lowest BCUT2D eigenvalue weighted by molar-refractivity contribution is 0.0711. The number of amides is 1. The molecule has 0 spiro atoms. The zero-order chi connectivity index (χ0) is 21.0. The van der Waals surface area contributed by atoms with Gasteiger partial charge in [-0.25, -0.2) is 4.98 Å². The molecule has 0 bridgehead atoms. The quantitative estimate of drug-likeness (QED) is 0.511. The maximum atomic E-state index is 13.5. The predicted molar refractivity (Wildman–Crippen MR) is 108 cm³/mol. The van der Waals surface area contributed by atoms with Crippen LogP contribution in [0.5, 0.6) is 0 Å². The molecule has 3 aromatic heterocycles. The molecule has 1 amide bonds. The van der Waals surface area contributed by atoms with E-state index in [-0.39, 0.29) is 34.0 Å². The van der Waals surface area contributed by atoms with E-state index in [1.54, 1.807) is 31.3 Å². The summed E-state index contributed by atoms with van der Waals surface area (Å²) in [7, 11) is 1.62. The fourth-order valence-corrected chi connectivity index (χ4v) is 3.32. The molecule has 29 heavy (non-hydrogen) atoms. The highest BCUT2D eigenvalue weighted by molar-refractivity contribution is 6.06. The molecule has 156 valence electrons. The molecule has 0 aliphatic carbocycles. The van der Waals surface area contributed by atoms with Crippen LogP contribution < -0.4 is 5.56 Å². The molecule has 0 saturated heterocycles. The van der Waals surface area contributed by atoms with E-state index in [9.17, 15) is 9.59 Å². The van der Waals surface area contributed by atoms with Gasteiger partial charge in [-0.15, -0.1) is 0 Å². The van der Waals surface area contributed by atoms with Crippen LogP contribution in [0.25, 0.3) is 11.1 Å². The van der Waals surface area contributed by atoms with Gasteiger partial charge in [0.1, 0.15) is 23.2 Å². The monoisotopic (exact) mass is 401 g/mol. The van der Waals surface area contributed by atoms with Crippen molar-refractivity contribution in [3.05, 3.63) is 52.2 Å². The van der Waals surface area contributed by atoms with E-state index in [0.717, 1.165) is 0 Å². The van der Waals surface area contributed by atoms with E-state index in [4.69, 9.17) is 13.6 Å². The maximum Gasteiger partial charge on any atom is 0.265 e. The summed E-state index contributed by atoms with van der Waals surface area (Å²) in [6.45, 7) is 7.51. The van der Waals surface area contributed by atoms with E-state index in [0.29, 0.717) is 44.2 Å². The zero-order valence-corrected chi connectivity index (χ0v) is 17.3. The number of carbonyl (C=O) groups is 1. The van der Waals surface area contributed by atoms with E-state index in [2.05, 4.69) is 4.98 Å². The predicted octanol–water partition coefficient (Wildman–Crippen LogP) is 3.23. The van der Waals surface area contributed by atoms with E-state index in [1.807, 2.05) is 19.9 Å². The van der Waals surface area contributed by atoms with Gasteiger partial charge in [-0.2, -0.15) is 0 Å². The van der Waals surface area contributed by atoms with Crippen molar-refractivity contribution < 1.29 is 18.4 Å². The van der Waals surface area contributed by atoms with Crippen molar-refractivity contribution in [3.63, 3.8) is 0 Å². The smallest absolute Gasteiger partial charge is 0.265 e. The van der Waals surface area contributed by atoms with Crippen molar-refractivity contribution in [1.29, 1.82) is 0 Å². The Kier molecular flexibility index (Phi) is 6.53. The van der Waals surface area contributed by atoms with Crippen molar-refractivity contribution in [1.82, 2.24) is 14.5 Å². The normalized spacial score (nSPS) is 11.5. The molecule has 0 N–H and O–H groups in total. The summed E-state index contributed by atoms with van der Waals surface area (Å²) in [5.41, 5.74) is 0.184. The largest absolute Gasteiger partial charge is 0.467 e. The van der Waals surface area contributed by atoms with Gasteiger partial charge < -0.3 is 18.5 Å². The molecule has 3 heterocycles. The lowest BCUT2D eigenvalue weighted by Gasteiger charge is -2.21. The number of carbonyl (C=O) groups excluding carboxylic acids is 1. The van der Waals surface area contributed by atoms with Crippen molar-refractivity contribution in [2.75, 3.05) is 20.3 Å². The fraction of sp³-hybridized carbons (Fsp3) is 0.476. The van der Waals surface area contributed by atoms with Gasteiger partial charge in [-0.3, -0.25) is 14.2 Å². The number of methoxy groups -OCH3 is 1. The Balaban J connectivity index is 2.01. The number of nitrogens with zero attached hydrogens (tertiary/aromatic N) is 3. The molecule has 3 aromatic rings. The summed E-state index contributed by atoms with van der Waals surface area (Å²) in [6, 6.07) is 3.59. The van der Waals surface area contributed by atoms with Gasteiger partial charge in [0, 0.05) is 26.8 Å². The average Bonchev–Trinajstić information content (AvgIpc) is 3.30. The van der Waals surface area contributed by atoms with Gasteiger partial charge in [0.2, 0.25) is 5.71 Å². The molecule has 0 fully saturated rings. The number of rotatable bonds is 9. The Labute approximate surface area is 169 Å². The first-order chi connectivity index (χ1) is 13.9. The number of ether oxygens (including phenoxy) is 1.